The van der Waals surface area contributed by atoms with Gasteiger partial charge in [-0.15, -0.1) is 0 Å². The third kappa shape index (κ3) is 6.34. The highest BCUT2D eigenvalue weighted by molar-refractivity contribution is 6.39. The van der Waals surface area contributed by atoms with Gasteiger partial charge in [-0.05, 0) is 80.6 Å². The number of benzene rings is 3. The molecular weight excluding hydrogens is 549 g/mol. The number of amides is 1. The molecule has 1 aromatic heterocycles. The monoisotopic (exact) mass is 574 g/mol. The third-order valence-electron chi connectivity index (χ3n) is 5.97. The average molecular weight is 575 g/mol. The maximum Gasteiger partial charge on any atom is 0.416 e. The van der Waals surface area contributed by atoms with E-state index in [9.17, 15) is 27.9 Å². The van der Waals surface area contributed by atoms with Gasteiger partial charge in [-0.25, -0.2) is 0 Å². The van der Waals surface area contributed by atoms with Gasteiger partial charge in [-0.3, -0.25) is 9.59 Å². The van der Waals surface area contributed by atoms with Crippen molar-refractivity contribution in [2.75, 3.05) is 6.54 Å². The van der Waals surface area contributed by atoms with Crippen molar-refractivity contribution in [2.24, 2.45) is 5.92 Å². The van der Waals surface area contributed by atoms with Gasteiger partial charge in [0.25, 0.3) is 5.91 Å². The highest BCUT2D eigenvalue weighted by Crippen LogP contribution is 2.37. The van der Waals surface area contributed by atoms with Crippen molar-refractivity contribution in [2.45, 2.75) is 33.1 Å². The van der Waals surface area contributed by atoms with E-state index in [2.05, 4.69) is 5.32 Å². The summed E-state index contributed by atoms with van der Waals surface area (Å²) in [5.41, 5.74) is 0.436. The number of nitrogens with one attached hydrogen (secondary N) is 1. The molecule has 0 aliphatic rings. The number of rotatable bonds is 9. The van der Waals surface area contributed by atoms with Crippen LogP contribution in [0.2, 0.25) is 5.02 Å². The molecule has 1 atom stereocenters. The Hall–Kier alpha value is -4.18. The Morgan fingerprint density at radius 2 is 1.55 bits per heavy atom. The van der Waals surface area contributed by atoms with Crippen LogP contribution < -0.4 is 14.8 Å². The summed E-state index contributed by atoms with van der Waals surface area (Å²) in [6.45, 7) is 5.16. The molecule has 0 aliphatic heterocycles. The van der Waals surface area contributed by atoms with Gasteiger partial charge in [0.05, 0.1) is 28.1 Å². The lowest BCUT2D eigenvalue weighted by Gasteiger charge is -2.14. The molecule has 0 aliphatic carbocycles. The van der Waals surface area contributed by atoms with Crippen molar-refractivity contribution in [3.63, 3.8) is 0 Å². The number of halogens is 4. The Kier molecular flexibility index (Phi) is 8.29. The van der Waals surface area contributed by atoms with E-state index in [4.69, 9.17) is 21.1 Å². The molecule has 0 spiro atoms. The largest absolute Gasteiger partial charge is 0.491 e. The number of carbonyl (C=O) groups is 2. The lowest BCUT2D eigenvalue weighted by molar-refractivity contribution is -0.141. The normalized spacial score (nSPS) is 12.4. The molecular formula is C29H26ClF3N2O5. The van der Waals surface area contributed by atoms with E-state index < -0.39 is 29.5 Å². The van der Waals surface area contributed by atoms with Crippen molar-refractivity contribution < 1.29 is 37.3 Å². The van der Waals surface area contributed by atoms with Crippen LogP contribution in [0.1, 0.15) is 36.8 Å². The molecule has 0 saturated carbocycles. The number of ether oxygens (including phenoxy) is 2. The van der Waals surface area contributed by atoms with Gasteiger partial charge < -0.3 is 24.5 Å². The number of hydrogen-bond donors (Lipinski definition) is 2. The molecule has 3 aromatic carbocycles. The van der Waals surface area contributed by atoms with E-state index in [1.807, 2.05) is 13.8 Å². The molecule has 1 amide bonds. The Balaban J connectivity index is 1.75. The van der Waals surface area contributed by atoms with Crippen molar-refractivity contribution >= 4 is 34.4 Å². The molecule has 0 saturated heterocycles. The molecule has 40 heavy (non-hydrogen) atoms. The maximum absolute atomic E-state index is 13.3. The molecule has 2 N–H and O–H groups in total. The molecule has 0 bridgehead atoms. The van der Waals surface area contributed by atoms with E-state index in [-0.39, 0.29) is 29.1 Å². The molecule has 0 fully saturated rings. The van der Waals surface area contributed by atoms with Gasteiger partial charge in [-0.1, -0.05) is 18.5 Å². The zero-order valence-corrected chi connectivity index (χ0v) is 22.5. The van der Waals surface area contributed by atoms with Crippen LogP contribution >= 0.6 is 11.6 Å². The second kappa shape index (κ2) is 11.5. The predicted molar refractivity (Wildman–Crippen MR) is 145 cm³/mol. The number of aromatic nitrogens is 1. The number of fused-ring (bicyclic) bond motifs is 1. The summed E-state index contributed by atoms with van der Waals surface area (Å²) in [6, 6.07) is 16.2. The molecule has 7 nitrogen and oxygen atoms in total. The fraction of sp³-hybridized carbons (Fsp3) is 0.241. The van der Waals surface area contributed by atoms with Crippen LogP contribution in [0.4, 0.5) is 13.2 Å². The minimum atomic E-state index is -4.47. The van der Waals surface area contributed by atoms with E-state index in [1.165, 1.54) is 19.1 Å². The summed E-state index contributed by atoms with van der Waals surface area (Å²) < 4.78 is 51.8. The standard InChI is InChI=1S/C29H26ClF3N2O5/c1-16(2)39-20-10-6-19(7-11-20)35-24-13-12-22(40-21-8-4-18(5-9-21)29(31,32)33)14-23(24)25(30)26(35)27(36)34-15-17(3)28(37)38/h4-14,16-17H,15H2,1-3H3,(H,34,36)(H,37,38). The van der Waals surface area contributed by atoms with Crippen LogP contribution in [0.5, 0.6) is 17.2 Å². The number of carboxylic acid groups (broad SMARTS) is 1. The molecule has 4 rings (SSSR count). The lowest BCUT2D eigenvalue weighted by Crippen LogP contribution is -2.32. The zero-order valence-electron chi connectivity index (χ0n) is 21.8. The summed E-state index contributed by atoms with van der Waals surface area (Å²) in [7, 11) is 0. The smallest absolute Gasteiger partial charge is 0.416 e. The van der Waals surface area contributed by atoms with Gasteiger partial charge in [-0.2, -0.15) is 13.2 Å². The van der Waals surface area contributed by atoms with Gasteiger partial charge in [0.15, 0.2) is 0 Å². The number of alkyl halides is 3. The van der Waals surface area contributed by atoms with E-state index >= 15 is 0 Å². The summed E-state index contributed by atoms with van der Waals surface area (Å²) in [6.07, 6.45) is -4.50. The molecule has 4 aromatic rings. The Morgan fingerprint density at radius 1 is 0.950 bits per heavy atom. The number of carbonyl (C=O) groups excluding carboxylic acids is 1. The highest BCUT2D eigenvalue weighted by Gasteiger charge is 2.30. The summed E-state index contributed by atoms with van der Waals surface area (Å²) in [4.78, 5) is 24.5. The number of carboxylic acids is 1. The van der Waals surface area contributed by atoms with Crippen molar-refractivity contribution in [1.82, 2.24) is 9.88 Å². The van der Waals surface area contributed by atoms with E-state index in [1.54, 1.807) is 47.0 Å². The van der Waals surface area contributed by atoms with Crippen molar-refractivity contribution in [3.05, 3.63) is 83.0 Å². The first kappa shape index (κ1) is 28.8. The second-order valence-electron chi connectivity index (χ2n) is 9.41. The first-order valence-electron chi connectivity index (χ1n) is 12.3. The lowest BCUT2D eigenvalue weighted by atomic mass is 10.2. The second-order valence-corrected chi connectivity index (χ2v) is 9.79. The topological polar surface area (TPSA) is 89.8 Å². The zero-order chi connectivity index (χ0) is 29.2. The minimum Gasteiger partial charge on any atom is -0.491 e. The highest BCUT2D eigenvalue weighted by atomic mass is 35.5. The van der Waals surface area contributed by atoms with Crippen LogP contribution in [0.25, 0.3) is 16.6 Å². The van der Waals surface area contributed by atoms with Gasteiger partial charge in [0.1, 0.15) is 22.9 Å². The van der Waals surface area contributed by atoms with Crippen LogP contribution in [-0.4, -0.2) is 34.2 Å². The minimum absolute atomic E-state index is 0.0339. The molecule has 1 heterocycles. The SMILES string of the molecule is CC(C)Oc1ccc(-n2c(C(=O)NCC(C)C(=O)O)c(Cl)c3cc(Oc4ccc(C(F)(F)F)cc4)ccc32)cc1. The Labute approximate surface area is 233 Å². The molecule has 1 unspecified atom stereocenters. The molecule has 210 valence electrons. The van der Waals surface area contributed by atoms with Crippen LogP contribution in [0.3, 0.4) is 0 Å². The van der Waals surface area contributed by atoms with Gasteiger partial charge in [0.2, 0.25) is 0 Å². The average Bonchev–Trinajstić information content (AvgIpc) is 3.18. The van der Waals surface area contributed by atoms with Crippen molar-refractivity contribution in [3.8, 4) is 22.9 Å². The van der Waals surface area contributed by atoms with Crippen LogP contribution in [0.15, 0.2) is 66.7 Å². The van der Waals surface area contributed by atoms with Gasteiger partial charge >= 0.3 is 12.1 Å². The number of nitrogens with zero attached hydrogens (tertiary/aromatic N) is 1. The first-order chi connectivity index (χ1) is 18.8. The molecule has 0 radical (unpaired) electrons. The number of hydrogen-bond acceptors (Lipinski definition) is 4. The van der Waals surface area contributed by atoms with E-state index in [0.29, 0.717) is 28.1 Å². The predicted octanol–water partition coefficient (Wildman–Crippen LogP) is 7.33. The first-order valence-corrected chi connectivity index (χ1v) is 12.7. The fourth-order valence-electron chi connectivity index (χ4n) is 3.98. The third-order valence-corrected chi connectivity index (χ3v) is 6.35. The van der Waals surface area contributed by atoms with E-state index in [0.717, 1.165) is 12.1 Å². The maximum atomic E-state index is 13.3. The Bertz CT molecular complexity index is 1530. The number of aliphatic carboxylic acids is 1. The van der Waals surface area contributed by atoms with Gasteiger partial charge in [0, 0.05) is 17.6 Å². The quantitative estimate of drug-likeness (QED) is 0.218. The van der Waals surface area contributed by atoms with Crippen molar-refractivity contribution in [1.29, 1.82) is 0 Å². The van der Waals surface area contributed by atoms with Crippen LogP contribution in [-0.2, 0) is 11.0 Å². The Morgan fingerprint density at radius 3 is 2.12 bits per heavy atom. The fourth-order valence-corrected chi connectivity index (χ4v) is 4.30. The summed E-state index contributed by atoms with van der Waals surface area (Å²) in [5.74, 6) is -1.35. The van der Waals surface area contributed by atoms with Crippen LogP contribution in [0, 0.1) is 5.92 Å². The summed E-state index contributed by atoms with van der Waals surface area (Å²) in [5, 5.41) is 12.4. The summed E-state index contributed by atoms with van der Waals surface area (Å²) >= 11 is 6.73. The molecule has 11 heteroatoms.